The van der Waals surface area contributed by atoms with Crippen molar-refractivity contribution >= 4 is 5.91 Å². The van der Waals surface area contributed by atoms with E-state index in [1.165, 1.54) is 11.1 Å². The van der Waals surface area contributed by atoms with E-state index in [-0.39, 0.29) is 5.91 Å². The minimum atomic E-state index is -0.00367. The van der Waals surface area contributed by atoms with Crippen LogP contribution in [0.4, 0.5) is 0 Å². The molecular formula is C26H33N5O2. The number of imidazole rings is 1. The monoisotopic (exact) mass is 447 g/mol. The molecule has 0 aliphatic carbocycles. The van der Waals surface area contributed by atoms with Gasteiger partial charge in [0.15, 0.2) is 5.82 Å². The molecule has 4 rings (SSSR count). The first kappa shape index (κ1) is 23.0. The van der Waals surface area contributed by atoms with Crippen LogP contribution < -0.4 is 4.74 Å². The zero-order chi connectivity index (χ0) is 23.2. The van der Waals surface area contributed by atoms with Crippen LogP contribution in [0.2, 0.25) is 0 Å². The Hall–Kier alpha value is -3.19. The summed E-state index contributed by atoms with van der Waals surface area (Å²) in [6, 6.07) is 12.9. The molecule has 3 aromatic rings. The number of nitrogens with one attached hydrogen (secondary N) is 1. The normalized spacial score (nSPS) is 15.6. The standard InChI is InChI=1S/C26H33N5O2/c1-19-17-28-25(29-19)26(32)31-13-9-22(10-14-31)24(16-21-5-4-6-23(15-21)33-3)30(2)18-20-7-11-27-12-8-20/h4-8,11-12,15,17,22,24H,9-10,13-14,16,18H2,1-3H3,(H,28,29). The van der Waals surface area contributed by atoms with Crippen molar-refractivity contribution in [3.05, 3.63) is 77.6 Å². The molecule has 33 heavy (non-hydrogen) atoms. The van der Waals surface area contributed by atoms with Gasteiger partial charge in [-0.15, -0.1) is 0 Å². The van der Waals surface area contributed by atoms with Crippen LogP contribution in [-0.4, -0.2) is 63.9 Å². The van der Waals surface area contributed by atoms with Gasteiger partial charge in [-0.1, -0.05) is 12.1 Å². The minimum absolute atomic E-state index is 0.00367. The van der Waals surface area contributed by atoms with Gasteiger partial charge in [0.2, 0.25) is 0 Å². The molecule has 3 heterocycles. The highest BCUT2D eigenvalue weighted by Crippen LogP contribution is 2.28. The van der Waals surface area contributed by atoms with E-state index in [2.05, 4.69) is 57.2 Å². The summed E-state index contributed by atoms with van der Waals surface area (Å²) in [5, 5.41) is 0. The molecule has 1 aliphatic rings. The second kappa shape index (κ2) is 10.6. The summed E-state index contributed by atoms with van der Waals surface area (Å²) in [6.07, 6.45) is 8.29. The molecule has 0 saturated carbocycles. The summed E-state index contributed by atoms with van der Waals surface area (Å²) in [6.45, 7) is 4.28. The lowest BCUT2D eigenvalue weighted by Gasteiger charge is -2.40. The van der Waals surface area contributed by atoms with Crippen molar-refractivity contribution in [3.8, 4) is 5.75 Å². The molecule has 7 heteroatoms. The number of hydrogen-bond donors (Lipinski definition) is 1. The fourth-order valence-corrected chi connectivity index (χ4v) is 4.78. The van der Waals surface area contributed by atoms with Gasteiger partial charge in [-0.2, -0.15) is 0 Å². The van der Waals surface area contributed by atoms with Crippen molar-refractivity contribution in [2.45, 2.75) is 38.8 Å². The number of nitrogens with zero attached hydrogens (tertiary/aromatic N) is 4. The van der Waals surface area contributed by atoms with Crippen LogP contribution >= 0.6 is 0 Å². The number of pyridine rings is 1. The largest absolute Gasteiger partial charge is 0.497 e. The summed E-state index contributed by atoms with van der Waals surface area (Å²) in [7, 11) is 3.91. The van der Waals surface area contributed by atoms with Gasteiger partial charge < -0.3 is 14.6 Å². The van der Waals surface area contributed by atoms with Crippen molar-refractivity contribution in [3.63, 3.8) is 0 Å². The zero-order valence-electron chi connectivity index (χ0n) is 19.7. The third-order valence-electron chi connectivity index (χ3n) is 6.60. The molecule has 1 aliphatic heterocycles. The van der Waals surface area contributed by atoms with Crippen LogP contribution in [0.5, 0.6) is 5.75 Å². The molecule has 1 atom stereocenters. The Morgan fingerprint density at radius 3 is 2.64 bits per heavy atom. The second-order valence-corrected chi connectivity index (χ2v) is 8.94. The van der Waals surface area contributed by atoms with Crippen molar-refractivity contribution in [1.82, 2.24) is 24.8 Å². The first-order valence-electron chi connectivity index (χ1n) is 11.6. The summed E-state index contributed by atoms with van der Waals surface area (Å²) < 4.78 is 5.45. The quantitative estimate of drug-likeness (QED) is 0.570. The summed E-state index contributed by atoms with van der Waals surface area (Å²) in [5.41, 5.74) is 3.43. The van der Waals surface area contributed by atoms with E-state index >= 15 is 0 Å². The van der Waals surface area contributed by atoms with Crippen LogP contribution in [0.15, 0.2) is 55.0 Å². The molecule has 0 spiro atoms. The van der Waals surface area contributed by atoms with Crippen molar-refractivity contribution < 1.29 is 9.53 Å². The lowest BCUT2D eigenvalue weighted by Crippen LogP contribution is -2.46. The number of likely N-dealkylation sites (N-methyl/N-ethyl adjacent to an activating group) is 1. The molecule has 1 unspecified atom stereocenters. The first-order valence-corrected chi connectivity index (χ1v) is 11.6. The minimum Gasteiger partial charge on any atom is -0.497 e. The number of methoxy groups -OCH3 is 1. The molecule has 174 valence electrons. The van der Waals surface area contributed by atoms with E-state index in [1.54, 1.807) is 13.3 Å². The number of rotatable bonds is 8. The van der Waals surface area contributed by atoms with Crippen LogP contribution in [0.25, 0.3) is 0 Å². The number of H-pyrrole nitrogens is 1. The summed E-state index contributed by atoms with van der Waals surface area (Å²) in [5.74, 6) is 1.81. The molecule has 7 nitrogen and oxygen atoms in total. The van der Waals surface area contributed by atoms with Crippen molar-refractivity contribution in [2.24, 2.45) is 5.92 Å². The Morgan fingerprint density at radius 2 is 1.97 bits per heavy atom. The van der Waals surface area contributed by atoms with Crippen molar-refractivity contribution in [2.75, 3.05) is 27.2 Å². The Balaban J connectivity index is 1.47. The summed E-state index contributed by atoms with van der Waals surface area (Å²) in [4.78, 5) is 28.6. The molecule has 1 saturated heterocycles. The maximum atomic E-state index is 12.8. The molecule has 1 amide bonds. The fourth-order valence-electron chi connectivity index (χ4n) is 4.78. The van der Waals surface area contributed by atoms with Crippen molar-refractivity contribution in [1.29, 1.82) is 0 Å². The number of aromatic nitrogens is 3. The Kier molecular flexibility index (Phi) is 7.40. The lowest BCUT2D eigenvalue weighted by molar-refractivity contribution is 0.0592. The van der Waals surface area contributed by atoms with Gasteiger partial charge in [0.25, 0.3) is 5.91 Å². The second-order valence-electron chi connectivity index (χ2n) is 8.94. The number of likely N-dealkylation sites (tertiary alicyclic amines) is 1. The molecular weight excluding hydrogens is 414 g/mol. The first-order chi connectivity index (χ1) is 16.0. The Labute approximate surface area is 195 Å². The van der Waals surface area contributed by atoms with E-state index in [0.29, 0.717) is 17.8 Å². The Morgan fingerprint density at radius 1 is 1.21 bits per heavy atom. The summed E-state index contributed by atoms with van der Waals surface area (Å²) >= 11 is 0. The van der Waals surface area contributed by atoms with Gasteiger partial charge in [0, 0.05) is 50.0 Å². The number of benzene rings is 1. The van der Waals surface area contributed by atoms with Crippen LogP contribution in [0.3, 0.4) is 0 Å². The highest BCUT2D eigenvalue weighted by atomic mass is 16.5. The third kappa shape index (κ3) is 5.79. The number of ether oxygens (including phenoxy) is 1. The number of hydrogen-bond acceptors (Lipinski definition) is 5. The number of carbonyl (C=O) groups excluding carboxylic acids is 1. The number of aromatic amines is 1. The molecule has 1 fully saturated rings. The van der Waals surface area contributed by atoms with E-state index in [1.807, 2.05) is 30.3 Å². The number of aryl methyl sites for hydroxylation is 1. The number of piperidine rings is 1. The van der Waals surface area contributed by atoms with Gasteiger partial charge in [-0.25, -0.2) is 4.98 Å². The van der Waals surface area contributed by atoms with E-state index < -0.39 is 0 Å². The average Bonchev–Trinajstić information content (AvgIpc) is 3.29. The lowest BCUT2D eigenvalue weighted by atomic mass is 9.84. The topological polar surface area (TPSA) is 74.3 Å². The van der Waals surface area contributed by atoms with E-state index in [9.17, 15) is 4.79 Å². The smallest absolute Gasteiger partial charge is 0.289 e. The van der Waals surface area contributed by atoms with Gasteiger partial charge in [0.1, 0.15) is 5.75 Å². The maximum absolute atomic E-state index is 12.8. The van der Waals surface area contributed by atoms with Gasteiger partial charge in [0.05, 0.1) is 7.11 Å². The Bertz CT molecular complexity index is 1040. The molecule has 1 N–H and O–H groups in total. The molecule has 2 aromatic heterocycles. The highest BCUT2D eigenvalue weighted by Gasteiger charge is 2.32. The van der Waals surface area contributed by atoms with Crippen LogP contribution in [-0.2, 0) is 13.0 Å². The van der Waals surface area contributed by atoms with Gasteiger partial charge in [-0.3, -0.25) is 14.7 Å². The predicted molar refractivity (Wildman–Crippen MR) is 128 cm³/mol. The number of carbonyl (C=O) groups is 1. The predicted octanol–water partition coefficient (Wildman–Crippen LogP) is 3.72. The van der Waals surface area contributed by atoms with Gasteiger partial charge in [-0.05, 0) is 74.5 Å². The third-order valence-corrected chi connectivity index (χ3v) is 6.60. The average molecular weight is 448 g/mol. The maximum Gasteiger partial charge on any atom is 0.289 e. The molecule has 0 radical (unpaired) electrons. The molecule has 0 bridgehead atoms. The number of amides is 1. The fraction of sp³-hybridized carbons (Fsp3) is 0.423. The highest BCUT2D eigenvalue weighted by molar-refractivity contribution is 5.90. The van der Waals surface area contributed by atoms with Crippen LogP contribution in [0, 0.1) is 12.8 Å². The zero-order valence-corrected chi connectivity index (χ0v) is 19.7. The van der Waals surface area contributed by atoms with Gasteiger partial charge >= 0.3 is 0 Å². The SMILES string of the molecule is COc1cccc(CC(C2CCN(C(=O)c3ncc(C)[nH]3)CC2)N(C)Cc2ccncc2)c1. The van der Waals surface area contributed by atoms with E-state index in [4.69, 9.17) is 4.74 Å². The van der Waals surface area contributed by atoms with Crippen LogP contribution in [0.1, 0.15) is 40.3 Å². The molecule has 1 aromatic carbocycles. The van der Waals surface area contributed by atoms with E-state index in [0.717, 1.165) is 50.3 Å².